The molecule has 0 saturated carbocycles. The van der Waals surface area contributed by atoms with Crippen molar-refractivity contribution in [3.05, 3.63) is 71.5 Å². The van der Waals surface area contributed by atoms with Gasteiger partial charge in [-0.05, 0) is 64.4 Å². The summed E-state index contributed by atoms with van der Waals surface area (Å²) < 4.78 is 14.3. The van der Waals surface area contributed by atoms with Gasteiger partial charge in [0.05, 0.1) is 0 Å². The first-order valence-corrected chi connectivity index (χ1v) is 10.7. The maximum absolute atomic E-state index is 14.3. The van der Waals surface area contributed by atoms with Crippen LogP contribution in [0.2, 0.25) is 0 Å². The largest absolute Gasteiger partial charge is 0.360 e. The van der Waals surface area contributed by atoms with Gasteiger partial charge < -0.3 is 15.5 Å². The van der Waals surface area contributed by atoms with Crippen LogP contribution in [0.1, 0.15) is 51.7 Å². The van der Waals surface area contributed by atoms with E-state index in [1.54, 1.807) is 6.07 Å². The zero-order valence-electron chi connectivity index (χ0n) is 17.8. The van der Waals surface area contributed by atoms with Crippen LogP contribution >= 0.6 is 12.2 Å². The molecule has 3 nitrogen and oxygen atoms in total. The van der Waals surface area contributed by atoms with Gasteiger partial charge in [-0.25, -0.2) is 4.39 Å². The Morgan fingerprint density at radius 1 is 1.00 bits per heavy atom. The molecule has 1 heterocycles. The van der Waals surface area contributed by atoms with E-state index in [0.29, 0.717) is 23.8 Å². The predicted octanol–water partition coefficient (Wildman–Crippen LogP) is 5.01. The highest BCUT2D eigenvalue weighted by Gasteiger charge is 2.38. The highest BCUT2D eigenvalue weighted by molar-refractivity contribution is 7.80. The van der Waals surface area contributed by atoms with Crippen molar-refractivity contribution in [2.75, 3.05) is 0 Å². The van der Waals surface area contributed by atoms with Crippen LogP contribution < -0.4 is 10.6 Å². The Balaban J connectivity index is 1.77. The molecule has 1 fully saturated rings. The van der Waals surface area contributed by atoms with E-state index in [1.165, 1.54) is 6.07 Å². The number of rotatable bonds is 5. The van der Waals surface area contributed by atoms with Gasteiger partial charge in [0.1, 0.15) is 5.82 Å². The molecule has 0 amide bonds. The summed E-state index contributed by atoms with van der Waals surface area (Å²) >= 11 is 5.82. The highest BCUT2D eigenvalue weighted by Crippen LogP contribution is 2.28. The summed E-state index contributed by atoms with van der Waals surface area (Å²) in [7, 11) is 0. The SMILES string of the molecule is CC1(C)CC(NC(=S)N(Cc2ccccc2)Cc2ccccc2F)CC(C)(C)N1. The maximum atomic E-state index is 14.3. The van der Waals surface area contributed by atoms with E-state index < -0.39 is 0 Å². The minimum absolute atomic E-state index is 0.0326. The normalized spacial score (nSPS) is 18.2. The van der Waals surface area contributed by atoms with Crippen molar-refractivity contribution in [1.82, 2.24) is 15.5 Å². The van der Waals surface area contributed by atoms with Gasteiger partial charge in [0.25, 0.3) is 0 Å². The van der Waals surface area contributed by atoms with Gasteiger partial charge in [0.15, 0.2) is 5.11 Å². The number of nitrogens with one attached hydrogen (secondary N) is 2. The van der Waals surface area contributed by atoms with Crippen LogP contribution in [-0.2, 0) is 13.1 Å². The van der Waals surface area contributed by atoms with E-state index in [4.69, 9.17) is 12.2 Å². The molecule has 0 aliphatic carbocycles. The van der Waals surface area contributed by atoms with E-state index in [0.717, 1.165) is 18.4 Å². The van der Waals surface area contributed by atoms with Gasteiger partial charge in [0.2, 0.25) is 0 Å². The summed E-state index contributed by atoms with van der Waals surface area (Å²) in [5, 5.41) is 7.97. The van der Waals surface area contributed by atoms with Crippen molar-refractivity contribution in [3.63, 3.8) is 0 Å². The van der Waals surface area contributed by atoms with Crippen LogP contribution in [-0.4, -0.2) is 27.1 Å². The molecule has 156 valence electrons. The number of halogens is 1. The summed E-state index contributed by atoms with van der Waals surface area (Å²) in [5.41, 5.74) is 1.87. The average molecular weight is 414 g/mol. The Morgan fingerprint density at radius 3 is 2.21 bits per heavy atom. The Bertz CT molecular complexity index is 819. The first kappa shape index (κ1) is 21.7. The topological polar surface area (TPSA) is 27.3 Å². The Kier molecular flexibility index (Phi) is 6.59. The Labute approximate surface area is 179 Å². The van der Waals surface area contributed by atoms with E-state index in [-0.39, 0.29) is 22.9 Å². The third-order valence-corrected chi connectivity index (χ3v) is 5.72. The van der Waals surface area contributed by atoms with E-state index in [9.17, 15) is 4.39 Å². The molecule has 0 bridgehead atoms. The fourth-order valence-electron chi connectivity index (χ4n) is 4.53. The summed E-state index contributed by atoms with van der Waals surface area (Å²) in [4.78, 5) is 2.06. The number of hydrogen-bond acceptors (Lipinski definition) is 2. The van der Waals surface area contributed by atoms with Gasteiger partial charge in [0, 0.05) is 35.8 Å². The lowest BCUT2D eigenvalue weighted by Gasteiger charge is -2.47. The fraction of sp³-hybridized carbons (Fsp3) is 0.458. The zero-order chi connectivity index (χ0) is 21.1. The molecule has 0 radical (unpaired) electrons. The molecule has 29 heavy (non-hydrogen) atoms. The highest BCUT2D eigenvalue weighted by atomic mass is 32.1. The molecule has 1 aliphatic rings. The van der Waals surface area contributed by atoms with Crippen molar-refractivity contribution in [1.29, 1.82) is 0 Å². The Morgan fingerprint density at radius 2 is 1.59 bits per heavy atom. The molecule has 1 aliphatic heterocycles. The molecular formula is C24H32FN3S. The first-order valence-electron chi connectivity index (χ1n) is 10.3. The van der Waals surface area contributed by atoms with Gasteiger partial charge in [-0.1, -0.05) is 48.5 Å². The van der Waals surface area contributed by atoms with Crippen LogP contribution in [0.3, 0.4) is 0 Å². The third kappa shape index (κ3) is 6.25. The van der Waals surface area contributed by atoms with Crippen molar-refractivity contribution in [3.8, 4) is 0 Å². The van der Waals surface area contributed by atoms with Crippen LogP contribution in [0.25, 0.3) is 0 Å². The monoisotopic (exact) mass is 413 g/mol. The van der Waals surface area contributed by atoms with Gasteiger partial charge in [-0.15, -0.1) is 0 Å². The van der Waals surface area contributed by atoms with E-state index in [2.05, 4.69) is 55.4 Å². The van der Waals surface area contributed by atoms with Crippen molar-refractivity contribution >= 4 is 17.3 Å². The van der Waals surface area contributed by atoms with Crippen molar-refractivity contribution < 1.29 is 4.39 Å². The summed E-state index contributed by atoms with van der Waals surface area (Å²) in [6.45, 7) is 9.99. The molecule has 0 aromatic heterocycles. The molecule has 0 unspecified atom stereocenters. The smallest absolute Gasteiger partial charge is 0.169 e. The van der Waals surface area contributed by atoms with E-state index >= 15 is 0 Å². The lowest BCUT2D eigenvalue weighted by atomic mass is 9.80. The lowest BCUT2D eigenvalue weighted by Crippen LogP contribution is -2.62. The molecule has 1 saturated heterocycles. The second-order valence-electron chi connectivity index (χ2n) is 9.38. The van der Waals surface area contributed by atoms with Crippen LogP contribution in [0, 0.1) is 5.82 Å². The summed E-state index contributed by atoms with van der Waals surface area (Å²) in [5.74, 6) is -0.197. The number of nitrogens with zero attached hydrogens (tertiary/aromatic N) is 1. The quantitative estimate of drug-likeness (QED) is 0.674. The van der Waals surface area contributed by atoms with Crippen molar-refractivity contribution in [2.24, 2.45) is 0 Å². The number of piperidine rings is 1. The van der Waals surface area contributed by atoms with Gasteiger partial charge in [-0.2, -0.15) is 0 Å². The molecule has 2 N–H and O–H groups in total. The number of hydrogen-bond donors (Lipinski definition) is 2. The minimum Gasteiger partial charge on any atom is -0.360 e. The van der Waals surface area contributed by atoms with Gasteiger partial charge >= 0.3 is 0 Å². The third-order valence-electron chi connectivity index (χ3n) is 5.34. The number of thiocarbonyl (C=S) groups is 1. The van der Waals surface area contributed by atoms with Gasteiger partial charge in [-0.3, -0.25) is 0 Å². The number of benzene rings is 2. The molecule has 2 aromatic carbocycles. The molecule has 0 atom stereocenters. The van der Waals surface area contributed by atoms with Crippen LogP contribution in [0.5, 0.6) is 0 Å². The molecule has 5 heteroatoms. The molecule has 2 aromatic rings. The summed E-state index contributed by atoms with van der Waals surface area (Å²) in [6, 6.07) is 17.4. The predicted molar refractivity (Wildman–Crippen MR) is 122 cm³/mol. The maximum Gasteiger partial charge on any atom is 0.169 e. The Hall–Kier alpha value is -1.98. The minimum atomic E-state index is -0.197. The summed E-state index contributed by atoms with van der Waals surface area (Å²) in [6.07, 6.45) is 1.96. The van der Waals surface area contributed by atoms with Crippen molar-refractivity contribution in [2.45, 2.75) is 70.7 Å². The first-order chi connectivity index (χ1) is 13.6. The molecular weight excluding hydrogens is 381 g/mol. The average Bonchev–Trinajstić information content (AvgIpc) is 2.61. The molecule has 0 spiro atoms. The van der Waals surface area contributed by atoms with Crippen LogP contribution in [0.4, 0.5) is 4.39 Å². The molecule has 3 rings (SSSR count). The second kappa shape index (κ2) is 8.80. The lowest BCUT2D eigenvalue weighted by molar-refractivity contribution is 0.153. The second-order valence-corrected chi connectivity index (χ2v) is 9.77. The fourth-order valence-corrected chi connectivity index (χ4v) is 4.82. The zero-order valence-corrected chi connectivity index (χ0v) is 18.7. The van der Waals surface area contributed by atoms with E-state index in [1.807, 2.05) is 30.3 Å². The van der Waals surface area contributed by atoms with Crippen LogP contribution in [0.15, 0.2) is 54.6 Å². The standard InChI is InChI=1S/C24H32FN3S/c1-23(2)14-20(15-24(3,4)27-23)26-22(29)28(16-18-10-6-5-7-11-18)17-19-12-8-9-13-21(19)25/h5-13,20,27H,14-17H2,1-4H3,(H,26,29).